The van der Waals surface area contributed by atoms with Crippen LogP contribution in [0.3, 0.4) is 0 Å². The quantitative estimate of drug-likeness (QED) is 0.783. The first-order valence-corrected chi connectivity index (χ1v) is 7.48. The molecule has 0 aromatic heterocycles. The van der Waals surface area contributed by atoms with Crippen LogP contribution in [-0.4, -0.2) is 10.7 Å². The Balaban J connectivity index is 1.95. The van der Waals surface area contributed by atoms with Crippen molar-refractivity contribution in [1.82, 2.24) is 0 Å². The minimum Gasteiger partial charge on any atom is -0.390 e. The van der Waals surface area contributed by atoms with Gasteiger partial charge in [-0.1, -0.05) is 62.9 Å². The smallest absolute Gasteiger partial charge is 0.0688 e. The van der Waals surface area contributed by atoms with Crippen molar-refractivity contribution in [3.63, 3.8) is 0 Å². The molecule has 0 bridgehead atoms. The second-order valence-electron chi connectivity index (χ2n) is 5.97. The van der Waals surface area contributed by atoms with Crippen molar-refractivity contribution in [3.8, 4) is 0 Å². The maximum atomic E-state index is 10.8. The lowest BCUT2D eigenvalue weighted by Gasteiger charge is -2.27. The Hall–Kier alpha value is -0.820. The van der Waals surface area contributed by atoms with Crippen LogP contribution >= 0.6 is 0 Å². The summed E-state index contributed by atoms with van der Waals surface area (Å²) in [4.78, 5) is 0. The van der Waals surface area contributed by atoms with Crippen molar-refractivity contribution < 1.29 is 5.11 Å². The molecule has 0 saturated heterocycles. The van der Waals surface area contributed by atoms with Crippen molar-refractivity contribution in [2.75, 3.05) is 0 Å². The van der Waals surface area contributed by atoms with Crippen LogP contribution < -0.4 is 0 Å². The van der Waals surface area contributed by atoms with Gasteiger partial charge in [0.05, 0.1) is 5.60 Å². The van der Waals surface area contributed by atoms with Gasteiger partial charge < -0.3 is 5.11 Å². The van der Waals surface area contributed by atoms with Gasteiger partial charge in [-0.3, -0.25) is 0 Å². The van der Waals surface area contributed by atoms with Crippen LogP contribution in [0.25, 0.3) is 0 Å². The summed E-state index contributed by atoms with van der Waals surface area (Å²) in [7, 11) is 0. The SMILES string of the molecule is CCCC1CCCC(O)(Cc2ccccc2)CC1. The van der Waals surface area contributed by atoms with E-state index in [-0.39, 0.29) is 0 Å². The predicted octanol–water partition coefficient (Wildman–Crippen LogP) is 4.34. The first kappa shape index (κ1) is 13.6. The van der Waals surface area contributed by atoms with Crippen LogP contribution in [0.15, 0.2) is 30.3 Å². The third-order valence-corrected chi connectivity index (χ3v) is 4.35. The largest absolute Gasteiger partial charge is 0.390 e. The van der Waals surface area contributed by atoms with E-state index in [1.807, 2.05) is 6.07 Å². The molecule has 1 N–H and O–H groups in total. The van der Waals surface area contributed by atoms with Gasteiger partial charge in [0.2, 0.25) is 0 Å². The summed E-state index contributed by atoms with van der Waals surface area (Å²) in [5, 5.41) is 10.8. The van der Waals surface area contributed by atoms with E-state index in [9.17, 15) is 5.11 Å². The number of hydrogen-bond donors (Lipinski definition) is 1. The van der Waals surface area contributed by atoms with Gasteiger partial charge in [-0.15, -0.1) is 0 Å². The minimum absolute atomic E-state index is 0.455. The Morgan fingerprint density at radius 3 is 2.67 bits per heavy atom. The highest BCUT2D eigenvalue weighted by Gasteiger charge is 2.30. The van der Waals surface area contributed by atoms with E-state index < -0.39 is 5.60 Å². The van der Waals surface area contributed by atoms with Crippen LogP contribution in [0.4, 0.5) is 0 Å². The molecule has 2 unspecified atom stereocenters. The van der Waals surface area contributed by atoms with E-state index >= 15 is 0 Å². The van der Waals surface area contributed by atoms with Crippen LogP contribution in [0.1, 0.15) is 57.4 Å². The molecule has 0 heterocycles. The molecule has 0 spiro atoms. The molecule has 1 fully saturated rings. The Kier molecular flexibility index (Phi) is 4.82. The number of aliphatic hydroxyl groups is 1. The zero-order chi connectivity index (χ0) is 12.8. The van der Waals surface area contributed by atoms with Gasteiger partial charge in [-0.2, -0.15) is 0 Å². The lowest BCUT2D eigenvalue weighted by molar-refractivity contribution is 0.0241. The Morgan fingerprint density at radius 2 is 1.94 bits per heavy atom. The molecule has 1 aliphatic carbocycles. The van der Waals surface area contributed by atoms with E-state index in [1.54, 1.807) is 0 Å². The van der Waals surface area contributed by atoms with Crippen LogP contribution in [0.2, 0.25) is 0 Å². The highest BCUT2D eigenvalue weighted by atomic mass is 16.3. The first-order valence-electron chi connectivity index (χ1n) is 7.48. The zero-order valence-corrected chi connectivity index (χ0v) is 11.6. The molecule has 2 rings (SSSR count). The Labute approximate surface area is 111 Å². The molecule has 0 amide bonds. The van der Waals surface area contributed by atoms with Crippen molar-refractivity contribution in [3.05, 3.63) is 35.9 Å². The molecule has 0 radical (unpaired) electrons. The normalized spacial score (nSPS) is 28.9. The molecular weight excluding hydrogens is 220 g/mol. The third-order valence-electron chi connectivity index (χ3n) is 4.35. The Bertz CT molecular complexity index is 346. The fraction of sp³-hybridized carbons (Fsp3) is 0.647. The van der Waals surface area contributed by atoms with Crippen molar-refractivity contribution in [2.45, 2.75) is 63.9 Å². The molecule has 1 aromatic carbocycles. The lowest BCUT2D eigenvalue weighted by atomic mass is 9.87. The van der Waals surface area contributed by atoms with Crippen molar-refractivity contribution in [2.24, 2.45) is 5.92 Å². The second kappa shape index (κ2) is 6.38. The van der Waals surface area contributed by atoms with E-state index in [0.29, 0.717) is 0 Å². The molecule has 100 valence electrons. The predicted molar refractivity (Wildman–Crippen MR) is 76.6 cm³/mol. The highest BCUT2D eigenvalue weighted by molar-refractivity contribution is 5.17. The summed E-state index contributed by atoms with van der Waals surface area (Å²) in [6.45, 7) is 2.26. The first-order chi connectivity index (χ1) is 8.72. The van der Waals surface area contributed by atoms with Gasteiger partial charge in [0.15, 0.2) is 0 Å². The summed E-state index contributed by atoms with van der Waals surface area (Å²) in [5.41, 5.74) is 0.818. The summed E-state index contributed by atoms with van der Waals surface area (Å²) in [6, 6.07) is 10.4. The zero-order valence-electron chi connectivity index (χ0n) is 11.6. The second-order valence-corrected chi connectivity index (χ2v) is 5.97. The molecule has 1 saturated carbocycles. The van der Waals surface area contributed by atoms with Gasteiger partial charge in [0.25, 0.3) is 0 Å². The lowest BCUT2D eigenvalue weighted by Crippen LogP contribution is -2.30. The fourth-order valence-corrected chi connectivity index (χ4v) is 3.31. The van der Waals surface area contributed by atoms with Gasteiger partial charge in [-0.05, 0) is 30.7 Å². The van der Waals surface area contributed by atoms with Gasteiger partial charge in [0.1, 0.15) is 0 Å². The molecule has 2 atom stereocenters. The van der Waals surface area contributed by atoms with E-state index in [2.05, 4.69) is 31.2 Å². The van der Waals surface area contributed by atoms with Crippen molar-refractivity contribution >= 4 is 0 Å². The van der Waals surface area contributed by atoms with Gasteiger partial charge >= 0.3 is 0 Å². The van der Waals surface area contributed by atoms with Crippen LogP contribution in [-0.2, 0) is 6.42 Å². The highest BCUT2D eigenvalue weighted by Crippen LogP contribution is 2.34. The number of benzene rings is 1. The molecule has 1 aliphatic rings. The van der Waals surface area contributed by atoms with E-state index in [1.165, 1.54) is 37.7 Å². The van der Waals surface area contributed by atoms with Crippen LogP contribution in [0, 0.1) is 5.92 Å². The summed E-state index contributed by atoms with van der Waals surface area (Å²) < 4.78 is 0. The topological polar surface area (TPSA) is 20.2 Å². The standard InChI is InChI=1S/C17H26O/c1-2-7-15-10-6-12-17(18,13-11-15)14-16-8-4-3-5-9-16/h3-5,8-9,15,18H,2,6-7,10-14H2,1H3. The summed E-state index contributed by atoms with van der Waals surface area (Å²) in [5.74, 6) is 0.847. The number of hydrogen-bond acceptors (Lipinski definition) is 1. The van der Waals surface area contributed by atoms with Gasteiger partial charge in [0, 0.05) is 6.42 Å². The van der Waals surface area contributed by atoms with Crippen LogP contribution in [0.5, 0.6) is 0 Å². The molecule has 1 nitrogen and oxygen atoms in total. The maximum absolute atomic E-state index is 10.8. The van der Waals surface area contributed by atoms with E-state index in [4.69, 9.17) is 0 Å². The molecular formula is C17H26O. The minimum atomic E-state index is -0.455. The summed E-state index contributed by atoms with van der Waals surface area (Å²) >= 11 is 0. The Morgan fingerprint density at radius 1 is 1.17 bits per heavy atom. The summed E-state index contributed by atoms with van der Waals surface area (Å²) in [6.07, 6.45) is 9.10. The fourth-order valence-electron chi connectivity index (χ4n) is 3.31. The monoisotopic (exact) mass is 246 g/mol. The number of rotatable bonds is 4. The molecule has 18 heavy (non-hydrogen) atoms. The average molecular weight is 246 g/mol. The molecule has 1 aromatic rings. The molecule has 0 aliphatic heterocycles. The van der Waals surface area contributed by atoms with Gasteiger partial charge in [-0.25, -0.2) is 0 Å². The molecule has 1 heteroatoms. The van der Waals surface area contributed by atoms with Crippen molar-refractivity contribution in [1.29, 1.82) is 0 Å². The van der Waals surface area contributed by atoms with E-state index in [0.717, 1.165) is 25.2 Å². The maximum Gasteiger partial charge on any atom is 0.0688 e. The average Bonchev–Trinajstić information content (AvgIpc) is 2.54. The third kappa shape index (κ3) is 3.84.